The highest BCUT2D eigenvalue weighted by molar-refractivity contribution is 6.60. The molecule has 2 aromatic heterocycles. The van der Waals surface area contributed by atoms with Gasteiger partial charge in [-0.25, -0.2) is 0 Å². The van der Waals surface area contributed by atoms with Gasteiger partial charge in [0.1, 0.15) is 0 Å². The van der Waals surface area contributed by atoms with Gasteiger partial charge >= 0.3 is 7.12 Å². The van der Waals surface area contributed by atoms with Crippen molar-refractivity contribution in [3.05, 3.63) is 108 Å². The number of nitrogens with zero attached hydrogens (tertiary/aromatic N) is 2. The summed E-state index contributed by atoms with van der Waals surface area (Å²) in [6.45, 7) is 0. The molecular formula is C30H23BN2O2. The van der Waals surface area contributed by atoms with E-state index in [0.29, 0.717) is 5.46 Å². The molecule has 0 fully saturated rings. The molecule has 6 aromatic rings. The van der Waals surface area contributed by atoms with Crippen molar-refractivity contribution >= 4 is 51.4 Å². The highest BCUT2D eigenvalue weighted by atomic mass is 16.4. The maximum Gasteiger partial charge on any atom is 0.490 e. The van der Waals surface area contributed by atoms with Crippen molar-refractivity contribution in [3.63, 3.8) is 0 Å². The molecule has 0 bridgehead atoms. The van der Waals surface area contributed by atoms with E-state index in [9.17, 15) is 10.0 Å². The van der Waals surface area contributed by atoms with E-state index in [0.717, 1.165) is 46.0 Å². The maximum atomic E-state index is 10.1. The van der Waals surface area contributed by atoms with Crippen LogP contribution in [0.2, 0.25) is 0 Å². The normalized spacial score (nSPS) is 13.1. The van der Waals surface area contributed by atoms with Gasteiger partial charge in [-0.3, -0.25) is 0 Å². The summed E-state index contributed by atoms with van der Waals surface area (Å²) in [4.78, 5) is 0. The van der Waals surface area contributed by atoms with E-state index in [2.05, 4.69) is 81.9 Å². The van der Waals surface area contributed by atoms with Gasteiger partial charge in [-0.15, -0.1) is 0 Å². The lowest BCUT2D eigenvalue weighted by Gasteiger charge is -2.14. The van der Waals surface area contributed by atoms with Gasteiger partial charge in [0.05, 0.1) is 16.6 Å². The van der Waals surface area contributed by atoms with Gasteiger partial charge in [-0.2, -0.15) is 0 Å². The van der Waals surface area contributed by atoms with Gasteiger partial charge < -0.3 is 19.2 Å². The Balaban J connectivity index is 1.55. The summed E-state index contributed by atoms with van der Waals surface area (Å²) in [7, 11) is -1.55. The standard InChI is InChI=1S/C30H23BN2O2/c34-31(35)25-12-4-8-16-30(25)33-28-15-7-3-11-23(28)24-19-20(17-18-29(24)33)32-26-13-5-1-9-21(26)22-10-2-6-14-27(22)32/h1,3-9,11-19,34-35H,2,10H2. The zero-order valence-electron chi connectivity index (χ0n) is 19.1. The van der Waals surface area contributed by atoms with E-state index < -0.39 is 7.12 Å². The zero-order chi connectivity index (χ0) is 23.5. The van der Waals surface area contributed by atoms with Gasteiger partial charge in [0.15, 0.2) is 0 Å². The Hall–Kier alpha value is -4.06. The van der Waals surface area contributed by atoms with Gasteiger partial charge in [-0.05, 0) is 60.9 Å². The Labute approximate surface area is 203 Å². The Bertz CT molecular complexity index is 1790. The molecule has 0 aliphatic heterocycles. The minimum atomic E-state index is -1.55. The average Bonchev–Trinajstić information content (AvgIpc) is 3.41. The zero-order valence-corrected chi connectivity index (χ0v) is 19.1. The summed E-state index contributed by atoms with van der Waals surface area (Å²) < 4.78 is 4.50. The molecule has 1 aliphatic rings. The average molecular weight is 454 g/mol. The SMILES string of the molecule is OB(O)c1ccccc1-n1c2ccccc2c2cc(-n3c4c(c5ccccc53)CCC=C4)ccc21. The molecule has 0 saturated carbocycles. The van der Waals surface area contributed by atoms with Gasteiger partial charge in [0.25, 0.3) is 0 Å². The number of rotatable bonds is 3. The molecular weight excluding hydrogens is 431 g/mol. The molecule has 0 atom stereocenters. The number of aromatic nitrogens is 2. The lowest BCUT2D eigenvalue weighted by Crippen LogP contribution is -2.33. The lowest BCUT2D eigenvalue weighted by atomic mass is 9.79. The first kappa shape index (κ1) is 20.3. The first-order chi connectivity index (χ1) is 17.2. The molecule has 1 aliphatic carbocycles. The van der Waals surface area contributed by atoms with Crippen molar-refractivity contribution in [2.45, 2.75) is 12.8 Å². The largest absolute Gasteiger partial charge is 0.490 e. The fraction of sp³-hybridized carbons (Fsp3) is 0.0667. The molecule has 0 radical (unpaired) electrons. The summed E-state index contributed by atoms with van der Waals surface area (Å²) in [6.07, 6.45) is 6.65. The summed E-state index contributed by atoms with van der Waals surface area (Å²) in [5, 5.41) is 23.7. The monoisotopic (exact) mass is 454 g/mol. The van der Waals surface area contributed by atoms with Crippen LogP contribution >= 0.6 is 0 Å². The number of hydrogen-bond donors (Lipinski definition) is 2. The van der Waals surface area contributed by atoms with E-state index in [4.69, 9.17) is 0 Å². The molecule has 0 unspecified atom stereocenters. The van der Waals surface area contributed by atoms with Crippen LogP contribution in [0.15, 0.2) is 97.1 Å². The second kappa shape index (κ2) is 7.74. The van der Waals surface area contributed by atoms with Crippen molar-refractivity contribution in [2.24, 2.45) is 0 Å². The Kier molecular flexibility index (Phi) is 4.49. The molecule has 2 heterocycles. The summed E-state index contributed by atoms with van der Waals surface area (Å²) in [5.41, 5.74) is 8.34. The molecule has 0 amide bonds. The van der Waals surface area contributed by atoms with Crippen LogP contribution < -0.4 is 5.46 Å². The number of allylic oxidation sites excluding steroid dienone is 1. The predicted molar refractivity (Wildman–Crippen MR) is 145 cm³/mol. The number of para-hydroxylation sites is 3. The van der Waals surface area contributed by atoms with Crippen molar-refractivity contribution in [1.29, 1.82) is 0 Å². The van der Waals surface area contributed by atoms with Crippen LogP contribution in [0.4, 0.5) is 0 Å². The lowest BCUT2D eigenvalue weighted by molar-refractivity contribution is 0.425. The second-order valence-corrected chi connectivity index (χ2v) is 9.14. The van der Waals surface area contributed by atoms with Crippen LogP contribution in [-0.2, 0) is 6.42 Å². The molecule has 5 heteroatoms. The molecule has 2 N–H and O–H groups in total. The van der Waals surface area contributed by atoms with Crippen LogP contribution in [0.5, 0.6) is 0 Å². The van der Waals surface area contributed by atoms with Crippen LogP contribution in [0, 0.1) is 0 Å². The topological polar surface area (TPSA) is 50.3 Å². The first-order valence-electron chi connectivity index (χ1n) is 12.0. The maximum absolute atomic E-state index is 10.1. The Morgan fingerprint density at radius 2 is 1.34 bits per heavy atom. The summed E-state index contributed by atoms with van der Waals surface area (Å²) >= 11 is 0. The highest BCUT2D eigenvalue weighted by Gasteiger charge is 2.22. The Morgan fingerprint density at radius 3 is 2.17 bits per heavy atom. The van der Waals surface area contributed by atoms with E-state index in [1.165, 1.54) is 22.2 Å². The number of aryl methyl sites for hydroxylation is 1. The van der Waals surface area contributed by atoms with E-state index >= 15 is 0 Å². The van der Waals surface area contributed by atoms with Crippen molar-refractivity contribution in [1.82, 2.24) is 9.13 Å². The third-order valence-corrected chi connectivity index (χ3v) is 7.23. The van der Waals surface area contributed by atoms with Crippen molar-refractivity contribution < 1.29 is 10.0 Å². The number of fused-ring (bicyclic) bond motifs is 6. The van der Waals surface area contributed by atoms with Crippen LogP contribution in [0.1, 0.15) is 17.7 Å². The first-order valence-corrected chi connectivity index (χ1v) is 12.0. The molecule has 168 valence electrons. The van der Waals surface area contributed by atoms with Gasteiger partial charge in [0.2, 0.25) is 0 Å². The fourth-order valence-electron chi connectivity index (χ4n) is 5.73. The fourth-order valence-corrected chi connectivity index (χ4v) is 5.73. The van der Waals surface area contributed by atoms with Gasteiger partial charge in [0, 0.05) is 38.7 Å². The second-order valence-electron chi connectivity index (χ2n) is 9.14. The molecule has 4 nitrogen and oxygen atoms in total. The summed E-state index contributed by atoms with van der Waals surface area (Å²) in [5.74, 6) is 0. The smallest absolute Gasteiger partial charge is 0.423 e. The predicted octanol–water partition coefficient (Wildman–Crippen LogP) is 5.37. The number of hydrogen-bond acceptors (Lipinski definition) is 2. The van der Waals surface area contributed by atoms with Crippen molar-refractivity contribution in [2.75, 3.05) is 0 Å². The summed E-state index contributed by atoms with van der Waals surface area (Å²) in [6, 6.07) is 31.0. The molecule has 7 rings (SSSR count). The van der Waals surface area contributed by atoms with E-state index in [1.54, 1.807) is 6.07 Å². The molecule has 4 aromatic carbocycles. The van der Waals surface area contributed by atoms with Crippen LogP contribution in [0.3, 0.4) is 0 Å². The Morgan fingerprint density at radius 1 is 0.657 bits per heavy atom. The van der Waals surface area contributed by atoms with Crippen LogP contribution in [-0.4, -0.2) is 26.3 Å². The number of benzene rings is 4. The van der Waals surface area contributed by atoms with E-state index in [-0.39, 0.29) is 0 Å². The quantitative estimate of drug-likeness (QED) is 0.354. The minimum Gasteiger partial charge on any atom is -0.423 e. The van der Waals surface area contributed by atoms with E-state index in [1.807, 2.05) is 24.3 Å². The highest BCUT2D eigenvalue weighted by Crippen LogP contribution is 2.37. The molecule has 0 saturated heterocycles. The molecule has 35 heavy (non-hydrogen) atoms. The third-order valence-electron chi connectivity index (χ3n) is 7.23. The minimum absolute atomic E-state index is 0.481. The third kappa shape index (κ3) is 2.96. The van der Waals surface area contributed by atoms with Gasteiger partial charge in [-0.1, -0.05) is 60.7 Å². The van der Waals surface area contributed by atoms with Crippen LogP contribution in [0.25, 0.3) is 50.2 Å². The van der Waals surface area contributed by atoms with Crippen molar-refractivity contribution in [3.8, 4) is 11.4 Å². The molecule has 0 spiro atoms.